The van der Waals surface area contributed by atoms with Crippen molar-refractivity contribution < 1.29 is 0 Å². The smallest absolute Gasteiger partial charge is 0.0317 e. The molecule has 84 valence electrons. The third-order valence-electron chi connectivity index (χ3n) is 3.46. The maximum absolute atomic E-state index is 3.65. The van der Waals surface area contributed by atoms with Crippen molar-refractivity contribution in [1.82, 2.24) is 5.32 Å². The molecule has 3 atom stereocenters. The molecule has 2 rings (SSSR count). The van der Waals surface area contributed by atoms with Crippen LogP contribution in [-0.4, -0.2) is 12.6 Å². The minimum Gasteiger partial charge on any atom is -0.314 e. The van der Waals surface area contributed by atoms with E-state index in [0.29, 0.717) is 0 Å². The molecule has 1 aliphatic rings. The summed E-state index contributed by atoms with van der Waals surface area (Å²) in [5, 5.41) is 5.77. The largest absolute Gasteiger partial charge is 0.314 e. The van der Waals surface area contributed by atoms with Gasteiger partial charge in [0, 0.05) is 21.3 Å². The van der Waals surface area contributed by atoms with Crippen LogP contribution in [0.2, 0.25) is 0 Å². The van der Waals surface area contributed by atoms with Gasteiger partial charge < -0.3 is 5.32 Å². The Kier molecular flexibility index (Phi) is 3.86. The summed E-state index contributed by atoms with van der Waals surface area (Å²) in [7, 11) is 0. The normalized spacial score (nSPS) is 30.2. The van der Waals surface area contributed by atoms with E-state index < -0.39 is 0 Å². The molecule has 1 nitrogen and oxygen atoms in total. The Bertz CT molecular complexity index is 323. The fraction of sp³-hybridized carbons (Fsp3) is 0.667. The number of hydrogen-bond donors (Lipinski definition) is 1. The van der Waals surface area contributed by atoms with E-state index in [1.807, 2.05) is 11.3 Å². The minimum absolute atomic E-state index is 0.749. The molecule has 1 aromatic rings. The molecule has 1 fully saturated rings. The summed E-state index contributed by atoms with van der Waals surface area (Å²) in [4.78, 5) is 1.55. The van der Waals surface area contributed by atoms with Gasteiger partial charge in [-0.15, -0.1) is 11.3 Å². The summed E-state index contributed by atoms with van der Waals surface area (Å²) >= 11 is 5.55. The number of rotatable bonds is 4. The van der Waals surface area contributed by atoms with E-state index in [9.17, 15) is 0 Å². The molecule has 3 heteroatoms. The van der Waals surface area contributed by atoms with Crippen molar-refractivity contribution in [2.75, 3.05) is 6.54 Å². The first-order valence-electron chi connectivity index (χ1n) is 5.74. The van der Waals surface area contributed by atoms with E-state index >= 15 is 0 Å². The van der Waals surface area contributed by atoms with Crippen LogP contribution >= 0.6 is 27.3 Å². The van der Waals surface area contributed by atoms with Crippen molar-refractivity contribution in [2.24, 2.45) is 5.92 Å². The lowest BCUT2D eigenvalue weighted by atomic mass is 9.67. The van der Waals surface area contributed by atoms with Crippen molar-refractivity contribution >= 4 is 27.3 Å². The van der Waals surface area contributed by atoms with Crippen molar-refractivity contribution in [3.8, 4) is 0 Å². The van der Waals surface area contributed by atoms with Crippen LogP contribution in [0, 0.1) is 5.92 Å². The minimum atomic E-state index is 0.749. The average molecular weight is 288 g/mol. The summed E-state index contributed by atoms with van der Waals surface area (Å²) in [6.07, 6.45) is 2.60. The predicted molar refractivity (Wildman–Crippen MR) is 70.6 cm³/mol. The highest BCUT2D eigenvalue weighted by Gasteiger charge is 2.41. The van der Waals surface area contributed by atoms with Gasteiger partial charge in [-0.1, -0.05) is 20.3 Å². The van der Waals surface area contributed by atoms with Crippen LogP contribution in [0.4, 0.5) is 0 Å². The predicted octanol–water partition coefficient (Wildman–Crippen LogP) is 4.00. The zero-order valence-corrected chi connectivity index (χ0v) is 11.7. The molecule has 0 aliphatic heterocycles. The van der Waals surface area contributed by atoms with Gasteiger partial charge in [0.15, 0.2) is 0 Å². The molecular formula is C12H18BrNS. The van der Waals surface area contributed by atoms with Crippen LogP contribution in [0.1, 0.15) is 37.5 Å². The molecule has 0 amide bonds. The Morgan fingerprint density at radius 1 is 1.53 bits per heavy atom. The third-order valence-corrected chi connectivity index (χ3v) is 5.46. The molecular weight excluding hydrogens is 270 g/mol. The number of hydrogen-bond acceptors (Lipinski definition) is 2. The lowest BCUT2D eigenvalue weighted by Gasteiger charge is -2.45. The lowest BCUT2D eigenvalue weighted by molar-refractivity contribution is 0.165. The van der Waals surface area contributed by atoms with E-state index in [-0.39, 0.29) is 0 Å². The first-order chi connectivity index (χ1) is 7.27. The van der Waals surface area contributed by atoms with Crippen LogP contribution < -0.4 is 5.32 Å². The first kappa shape index (κ1) is 11.6. The maximum atomic E-state index is 3.65. The molecule has 1 saturated carbocycles. The molecule has 0 aromatic carbocycles. The fourth-order valence-corrected chi connectivity index (χ4v) is 4.50. The molecule has 0 radical (unpaired) electrons. The number of halogens is 1. The van der Waals surface area contributed by atoms with Gasteiger partial charge in [-0.2, -0.15) is 0 Å². The molecule has 0 bridgehead atoms. The maximum Gasteiger partial charge on any atom is 0.0317 e. The van der Waals surface area contributed by atoms with Crippen LogP contribution in [0.25, 0.3) is 0 Å². The molecule has 1 N–H and O–H groups in total. The van der Waals surface area contributed by atoms with E-state index in [2.05, 4.69) is 46.5 Å². The molecule has 1 aromatic heterocycles. The highest BCUT2D eigenvalue weighted by Crippen LogP contribution is 2.48. The van der Waals surface area contributed by atoms with E-state index in [0.717, 1.165) is 24.4 Å². The van der Waals surface area contributed by atoms with Crippen LogP contribution in [0.3, 0.4) is 0 Å². The highest BCUT2D eigenvalue weighted by atomic mass is 79.9. The molecule has 0 spiro atoms. The summed E-state index contributed by atoms with van der Waals surface area (Å²) in [5.41, 5.74) is 0. The summed E-state index contributed by atoms with van der Waals surface area (Å²) < 4.78 is 1.31. The molecule has 15 heavy (non-hydrogen) atoms. The summed E-state index contributed by atoms with van der Waals surface area (Å²) in [5.74, 6) is 1.62. The molecule has 1 aliphatic carbocycles. The average Bonchev–Trinajstić information content (AvgIpc) is 2.59. The second-order valence-electron chi connectivity index (χ2n) is 4.21. The molecule has 1 heterocycles. The van der Waals surface area contributed by atoms with Crippen molar-refractivity contribution in [2.45, 2.75) is 38.6 Å². The Morgan fingerprint density at radius 3 is 2.87 bits per heavy atom. The van der Waals surface area contributed by atoms with E-state index in [1.54, 1.807) is 4.88 Å². The van der Waals surface area contributed by atoms with Gasteiger partial charge >= 0.3 is 0 Å². The van der Waals surface area contributed by atoms with Gasteiger partial charge in [-0.25, -0.2) is 0 Å². The Labute approximate surface area is 104 Å². The molecule has 0 saturated heterocycles. The van der Waals surface area contributed by atoms with E-state index in [1.165, 1.54) is 17.3 Å². The zero-order valence-electron chi connectivity index (χ0n) is 9.29. The van der Waals surface area contributed by atoms with Gasteiger partial charge in [-0.05, 0) is 46.3 Å². The van der Waals surface area contributed by atoms with Gasteiger partial charge in [0.25, 0.3) is 0 Å². The fourth-order valence-electron chi connectivity index (χ4n) is 2.65. The molecule has 3 unspecified atom stereocenters. The van der Waals surface area contributed by atoms with Crippen molar-refractivity contribution in [3.63, 3.8) is 0 Å². The zero-order chi connectivity index (χ0) is 10.8. The van der Waals surface area contributed by atoms with Gasteiger partial charge in [0.1, 0.15) is 0 Å². The Morgan fingerprint density at radius 2 is 2.33 bits per heavy atom. The van der Waals surface area contributed by atoms with E-state index in [4.69, 9.17) is 0 Å². The SMILES string of the molecule is CCNC1CC(c2sccc2Br)C1CC. The number of thiophene rings is 1. The lowest BCUT2D eigenvalue weighted by Crippen LogP contribution is -2.48. The Balaban J connectivity index is 2.05. The second kappa shape index (κ2) is 4.98. The van der Waals surface area contributed by atoms with Crippen molar-refractivity contribution in [1.29, 1.82) is 0 Å². The quantitative estimate of drug-likeness (QED) is 0.883. The van der Waals surface area contributed by atoms with Gasteiger partial charge in [0.2, 0.25) is 0 Å². The summed E-state index contributed by atoms with van der Waals surface area (Å²) in [6.45, 7) is 5.60. The topological polar surface area (TPSA) is 12.0 Å². The van der Waals surface area contributed by atoms with Gasteiger partial charge in [0.05, 0.1) is 0 Å². The van der Waals surface area contributed by atoms with Gasteiger partial charge in [-0.3, -0.25) is 0 Å². The van der Waals surface area contributed by atoms with Crippen LogP contribution in [0.15, 0.2) is 15.9 Å². The van der Waals surface area contributed by atoms with Crippen LogP contribution in [-0.2, 0) is 0 Å². The standard InChI is InChI=1S/C12H18BrNS/c1-3-8-9(7-11(8)14-4-2)12-10(13)5-6-15-12/h5-6,8-9,11,14H,3-4,7H2,1-2H3. The Hall–Kier alpha value is 0.140. The third kappa shape index (κ3) is 2.15. The van der Waals surface area contributed by atoms with Crippen LogP contribution in [0.5, 0.6) is 0 Å². The summed E-state index contributed by atoms with van der Waals surface area (Å²) in [6, 6.07) is 2.92. The first-order valence-corrected chi connectivity index (χ1v) is 7.41. The highest BCUT2D eigenvalue weighted by molar-refractivity contribution is 9.10. The van der Waals surface area contributed by atoms with Crippen molar-refractivity contribution in [3.05, 3.63) is 20.8 Å². The monoisotopic (exact) mass is 287 g/mol. The second-order valence-corrected chi connectivity index (χ2v) is 6.01. The number of nitrogens with one attached hydrogen (secondary N) is 1.